The van der Waals surface area contributed by atoms with Gasteiger partial charge in [0.1, 0.15) is 10.6 Å². The summed E-state index contributed by atoms with van der Waals surface area (Å²) in [4.78, 5) is 11.9. The van der Waals surface area contributed by atoms with Gasteiger partial charge in [0.15, 0.2) is 21.4 Å². The molecule has 2 aromatic carbocycles. The van der Waals surface area contributed by atoms with Crippen LogP contribution in [0.2, 0.25) is 5.02 Å². The molecule has 2 aliphatic heterocycles. The Bertz CT molecular complexity index is 1170. The van der Waals surface area contributed by atoms with Gasteiger partial charge in [-0.2, -0.15) is 0 Å². The van der Waals surface area contributed by atoms with E-state index in [0.29, 0.717) is 17.9 Å². The Labute approximate surface area is 183 Å². The number of ether oxygens (including phenoxy) is 1. The first-order valence-corrected chi connectivity index (χ1v) is 12.0. The number of halogens is 3. The lowest BCUT2D eigenvalue weighted by Crippen LogP contribution is -2.61. The van der Waals surface area contributed by atoms with E-state index in [9.17, 15) is 17.6 Å². The predicted molar refractivity (Wildman–Crippen MR) is 110 cm³/mol. The van der Waals surface area contributed by atoms with E-state index in [1.54, 1.807) is 0 Å². The molecule has 3 aliphatic rings. The molecule has 31 heavy (non-hydrogen) atoms. The van der Waals surface area contributed by atoms with Crippen LogP contribution in [0.1, 0.15) is 31.2 Å². The number of carbonyl (C=O) groups is 1. The summed E-state index contributed by atoms with van der Waals surface area (Å²) < 4.78 is 62.1. The average Bonchev–Trinajstić information content (AvgIpc) is 2.75. The molecule has 9 heteroatoms. The fourth-order valence-electron chi connectivity index (χ4n) is 5.66. The highest BCUT2D eigenvalue weighted by Crippen LogP contribution is 2.59. The lowest BCUT2D eigenvalue weighted by Gasteiger charge is -2.54. The molecular formula is C22H20ClF2NO4S. The van der Waals surface area contributed by atoms with Crippen molar-refractivity contribution in [3.63, 3.8) is 0 Å². The summed E-state index contributed by atoms with van der Waals surface area (Å²) in [7, 11) is -4.18. The van der Waals surface area contributed by atoms with Gasteiger partial charge in [0.05, 0.1) is 17.1 Å². The summed E-state index contributed by atoms with van der Waals surface area (Å²) in [6.07, 6.45) is 1.11. The van der Waals surface area contributed by atoms with E-state index in [2.05, 4.69) is 5.32 Å². The molecule has 0 spiro atoms. The van der Waals surface area contributed by atoms with Crippen LogP contribution in [0.5, 0.6) is 5.75 Å². The zero-order valence-electron chi connectivity index (χ0n) is 16.4. The van der Waals surface area contributed by atoms with Gasteiger partial charge in [-0.15, -0.1) is 0 Å². The molecule has 4 atom stereocenters. The van der Waals surface area contributed by atoms with Crippen LogP contribution >= 0.6 is 11.6 Å². The molecule has 2 fully saturated rings. The van der Waals surface area contributed by atoms with Crippen LogP contribution in [0.4, 0.5) is 8.78 Å². The van der Waals surface area contributed by atoms with Crippen molar-refractivity contribution in [2.75, 3.05) is 6.61 Å². The van der Waals surface area contributed by atoms with Crippen LogP contribution in [-0.4, -0.2) is 27.0 Å². The van der Waals surface area contributed by atoms with Gasteiger partial charge >= 0.3 is 0 Å². The number of sulfone groups is 1. The van der Waals surface area contributed by atoms with Crippen molar-refractivity contribution in [3.8, 4) is 5.75 Å². The summed E-state index contributed by atoms with van der Waals surface area (Å²) in [6.45, 7) is -0.0722. The van der Waals surface area contributed by atoms with Crippen molar-refractivity contribution in [1.29, 1.82) is 0 Å². The van der Waals surface area contributed by atoms with E-state index in [0.717, 1.165) is 12.1 Å². The van der Waals surface area contributed by atoms with Crippen LogP contribution in [-0.2, 0) is 19.4 Å². The maximum atomic E-state index is 15.3. The molecule has 0 bridgehead atoms. The summed E-state index contributed by atoms with van der Waals surface area (Å²) in [5.41, 5.74) is -0.242. The van der Waals surface area contributed by atoms with E-state index < -0.39 is 32.1 Å². The van der Waals surface area contributed by atoms with E-state index >= 15 is 4.39 Å². The Hall–Kier alpha value is -2.19. The van der Waals surface area contributed by atoms with Gasteiger partial charge < -0.3 is 10.1 Å². The van der Waals surface area contributed by atoms with Crippen LogP contribution < -0.4 is 10.1 Å². The minimum absolute atomic E-state index is 0.00305. The normalized spacial score (nSPS) is 29.8. The van der Waals surface area contributed by atoms with Crippen LogP contribution in [0.3, 0.4) is 0 Å². The SMILES string of the molecule is O=C1CC[C@H]2[C@H](CC[C@@]3(S(=O)(=O)c4ccc(Cl)cc4)c4c(F)ccc(F)c4OC[C@@H]23)N1. The Morgan fingerprint density at radius 1 is 1.06 bits per heavy atom. The standard InChI is InChI=1S/C22H20ClF2NO4S/c23-12-1-3-13(4-2-12)31(28,29)22-10-9-18-14(5-8-19(27)26-18)15(22)11-30-21-17(25)7-6-16(24)20(21)22/h1-4,6-7,14-15,18H,5,8-11H2,(H,26,27)/t14-,15+,18+,22+/m1/s1. The minimum Gasteiger partial charge on any atom is -0.490 e. The second kappa shape index (κ2) is 7.17. The smallest absolute Gasteiger partial charge is 0.220 e. The lowest BCUT2D eigenvalue weighted by atomic mass is 9.63. The maximum Gasteiger partial charge on any atom is 0.220 e. The number of benzene rings is 2. The number of carbonyl (C=O) groups excluding carboxylic acids is 1. The Morgan fingerprint density at radius 3 is 2.52 bits per heavy atom. The van der Waals surface area contributed by atoms with Crippen molar-refractivity contribution in [3.05, 3.63) is 58.6 Å². The molecule has 1 saturated carbocycles. The molecule has 0 radical (unpaired) electrons. The molecule has 2 aromatic rings. The second-order valence-corrected chi connectivity index (χ2v) is 11.1. The predicted octanol–water partition coefficient (Wildman–Crippen LogP) is 3.98. The van der Waals surface area contributed by atoms with Gasteiger partial charge in [-0.05, 0) is 61.6 Å². The summed E-state index contributed by atoms with van der Waals surface area (Å²) >= 11 is 5.95. The van der Waals surface area contributed by atoms with Crippen LogP contribution in [0.15, 0.2) is 41.3 Å². The molecule has 2 heterocycles. The first-order valence-electron chi connectivity index (χ1n) is 10.2. The fourth-order valence-corrected chi connectivity index (χ4v) is 8.18. The van der Waals surface area contributed by atoms with Gasteiger partial charge in [0, 0.05) is 23.4 Å². The van der Waals surface area contributed by atoms with E-state index in [1.165, 1.54) is 24.3 Å². The monoisotopic (exact) mass is 467 g/mol. The molecule has 0 aromatic heterocycles. The van der Waals surface area contributed by atoms with E-state index in [1.807, 2.05) is 0 Å². The topological polar surface area (TPSA) is 72.5 Å². The third-order valence-corrected chi connectivity index (χ3v) is 9.82. The van der Waals surface area contributed by atoms with Crippen molar-refractivity contribution in [2.45, 2.75) is 41.4 Å². The summed E-state index contributed by atoms with van der Waals surface area (Å²) in [5.74, 6) is -2.90. The first kappa shape index (κ1) is 20.7. The Kier molecular flexibility index (Phi) is 4.79. The van der Waals surface area contributed by atoms with Crippen molar-refractivity contribution < 1.29 is 26.7 Å². The zero-order chi connectivity index (χ0) is 22.0. The van der Waals surface area contributed by atoms with Gasteiger partial charge in [-0.3, -0.25) is 4.79 Å². The molecular weight excluding hydrogens is 448 g/mol. The number of hydrogen-bond donors (Lipinski definition) is 1. The summed E-state index contributed by atoms with van der Waals surface area (Å²) in [5, 5.41) is 3.31. The Morgan fingerprint density at radius 2 is 1.77 bits per heavy atom. The molecule has 0 unspecified atom stereocenters. The zero-order valence-corrected chi connectivity index (χ0v) is 18.0. The first-order chi connectivity index (χ1) is 14.8. The molecule has 5 rings (SSSR count). The second-order valence-electron chi connectivity index (χ2n) is 8.41. The van der Waals surface area contributed by atoms with Crippen molar-refractivity contribution in [2.24, 2.45) is 11.8 Å². The molecule has 1 aliphatic carbocycles. The molecule has 164 valence electrons. The van der Waals surface area contributed by atoms with Crippen LogP contribution in [0.25, 0.3) is 0 Å². The van der Waals surface area contributed by atoms with Gasteiger partial charge in [0.2, 0.25) is 5.91 Å². The van der Waals surface area contributed by atoms with Gasteiger partial charge in [-0.1, -0.05) is 11.6 Å². The lowest BCUT2D eigenvalue weighted by molar-refractivity contribution is -0.126. The third-order valence-electron chi connectivity index (χ3n) is 7.00. The van der Waals surface area contributed by atoms with Crippen molar-refractivity contribution >= 4 is 27.3 Å². The largest absolute Gasteiger partial charge is 0.490 e. The summed E-state index contributed by atoms with van der Waals surface area (Å²) in [6, 6.07) is 7.40. The van der Waals surface area contributed by atoms with E-state index in [-0.39, 0.29) is 53.5 Å². The van der Waals surface area contributed by atoms with Crippen molar-refractivity contribution in [1.82, 2.24) is 5.32 Å². The molecule has 1 amide bonds. The van der Waals surface area contributed by atoms with Gasteiger partial charge in [-0.25, -0.2) is 17.2 Å². The molecule has 5 nitrogen and oxygen atoms in total. The number of nitrogens with one attached hydrogen (secondary N) is 1. The number of rotatable bonds is 2. The van der Waals surface area contributed by atoms with Gasteiger partial charge in [0.25, 0.3) is 0 Å². The highest BCUT2D eigenvalue weighted by atomic mass is 35.5. The maximum absolute atomic E-state index is 15.3. The van der Waals surface area contributed by atoms with E-state index in [4.69, 9.17) is 16.3 Å². The third kappa shape index (κ3) is 2.91. The molecule has 1 N–H and O–H groups in total. The highest BCUT2D eigenvalue weighted by molar-refractivity contribution is 7.92. The minimum atomic E-state index is -4.18. The highest BCUT2D eigenvalue weighted by Gasteiger charge is 2.63. The number of amides is 1. The number of piperidine rings is 1. The fraction of sp³-hybridized carbons (Fsp3) is 0.409. The van der Waals surface area contributed by atoms with Crippen LogP contribution in [0, 0.1) is 23.5 Å². The number of hydrogen-bond acceptors (Lipinski definition) is 4. The molecule has 1 saturated heterocycles. The Balaban J connectivity index is 1.77. The number of fused-ring (bicyclic) bond motifs is 5. The average molecular weight is 468 g/mol. The quantitative estimate of drug-likeness (QED) is 0.725.